The Morgan fingerprint density at radius 2 is 1.85 bits per heavy atom. The van der Waals surface area contributed by atoms with Crippen molar-refractivity contribution >= 4 is 29.9 Å². The van der Waals surface area contributed by atoms with Crippen LogP contribution in [0.5, 0.6) is 0 Å². The maximum atomic E-state index is 9.36. The molecule has 1 heterocycles. The monoisotopic (exact) mass is 480 g/mol. The van der Waals surface area contributed by atoms with E-state index in [0.717, 1.165) is 44.1 Å². The van der Waals surface area contributed by atoms with Crippen LogP contribution in [0.1, 0.15) is 72.5 Å². The Balaban J connectivity index is 0.00000625. The van der Waals surface area contributed by atoms with Gasteiger partial charge in [-0.3, -0.25) is 0 Å². The fraction of sp³-hybridized carbons (Fsp3) is 0.789. The molecule has 1 rings (SSSR count). The van der Waals surface area contributed by atoms with Crippen LogP contribution in [0, 0.1) is 5.41 Å². The zero-order valence-corrected chi connectivity index (χ0v) is 19.5. The second-order valence-corrected chi connectivity index (χ2v) is 7.60. The van der Waals surface area contributed by atoms with Gasteiger partial charge in [-0.15, -0.1) is 24.0 Å². The summed E-state index contributed by atoms with van der Waals surface area (Å²) in [6.45, 7) is 14.9. The van der Waals surface area contributed by atoms with E-state index in [2.05, 4.69) is 55.2 Å². The predicted molar refractivity (Wildman–Crippen MR) is 118 cm³/mol. The lowest BCUT2D eigenvalue weighted by Gasteiger charge is -2.32. The maximum absolute atomic E-state index is 9.36. The SMILES string of the molecule is CCNC(=NCc1ncc(C(C)(C)C)o1)NCC(CC)(CC)CCO.I. The Bertz CT molecular complexity index is 534. The number of nitrogens with one attached hydrogen (secondary N) is 2. The number of nitrogens with zero attached hydrogens (tertiary/aromatic N) is 2. The molecule has 0 spiro atoms. The van der Waals surface area contributed by atoms with Gasteiger partial charge in [0.05, 0.1) is 6.20 Å². The molecule has 7 heteroatoms. The molecule has 26 heavy (non-hydrogen) atoms. The molecule has 1 aromatic rings. The Hall–Kier alpha value is -0.830. The molecule has 0 radical (unpaired) electrons. The molecule has 0 fully saturated rings. The molecular weight excluding hydrogens is 443 g/mol. The highest BCUT2D eigenvalue weighted by atomic mass is 127. The minimum Gasteiger partial charge on any atom is -0.443 e. The van der Waals surface area contributed by atoms with Crippen LogP contribution in [0.15, 0.2) is 15.6 Å². The summed E-state index contributed by atoms with van der Waals surface area (Å²) in [4.78, 5) is 8.91. The van der Waals surface area contributed by atoms with Crippen molar-refractivity contribution in [1.82, 2.24) is 15.6 Å². The van der Waals surface area contributed by atoms with Crippen molar-refractivity contribution in [2.24, 2.45) is 10.4 Å². The van der Waals surface area contributed by atoms with Crippen molar-refractivity contribution in [3.63, 3.8) is 0 Å². The number of hydrogen-bond donors (Lipinski definition) is 3. The Kier molecular flexibility index (Phi) is 11.4. The van der Waals surface area contributed by atoms with E-state index in [1.807, 2.05) is 6.92 Å². The van der Waals surface area contributed by atoms with Gasteiger partial charge in [0.15, 0.2) is 5.96 Å². The third-order valence-corrected chi connectivity index (χ3v) is 4.78. The fourth-order valence-corrected chi connectivity index (χ4v) is 2.67. The molecule has 0 saturated heterocycles. The van der Waals surface area contributed by atoms with Gasteiger partial charge in [-0.05, 0) is 31.6 Å². The van der Waals surface area contributed by atoms with Gasteiger partial charge in [0.2, 0.25) is 5.89 Å². The van der Waals surface area contributed by atoms with Crippen LogP contribution in [0.4, 0.5) is 0 Å². The lowest BCUT2D eigenvalue weighted by molar-refractivity contribution is 0.169. The van der Waals surface area contributed by atoms with E-state index >= 15 is 0 Å². The molecule has 6 nitrogen and oxygen atoms in total. The van der Waals surface area contributed by atoms with Crippen LogP contribution in [0.2, 0.25) is 0 Å². The molecule has 152 valence electrons. The minimum atomic E-state index is -0.0517. The van der Waals surface area contributed by atoms with E-state index in [9.17, 15) is 5.11 Å². The van der Waals surface area contributed by atoms with Gasteiger partial charge >= 0.3 is 0 Å². The second-order valence-electron chi connectivity index (χ2n) is 7.60. The molecular formula is C19H37IN4O2. The van der Waals surface area contributed by atoms with Crippen molar-refractivity contribution in [2.75, 3.05) is 19.7 Å². The van der Waals surface area contributed by atoms with Gasteiger partial charge in [0, 0.05) is 25.1 Å². The van der Waals surface area contributed by atoms with Crippen LogP contribution in [-0.4, -0.2) is 35.7 Å². The van der Waals surface area contributed by atoms with Gasteiger partial charge in [0.1, 0.15) is 12.3 Å². The summed E-state index contributed by atoms with van der Waals surface area (Å²) >= 11 is 0. The summed E-state index contributed by atoms with van der Waals surface area (Å²) in [6, 6.07) is 0. The molecule has 0 aliphatic rings. The Morgan fingerprint density at radius 3 is 2.31 bits per heavy atom. The largest absolute Gasteiger partial charge is 0.443 e. The fourth-order valence-electron chi connectivity index (χ4n) is 2.67. The summed E-state index contributed by atoms with van der Waals surface area (Å²) in [5, 5.41) is 16.0. The quantitative estimate of drug-likeness (QED) is 0.284. The average molecular weight is 480 g/mol. The van der Waals surface area contributed by atoms with Gasteiger partial charge in [-0.25, -0.2) is 9.98 Å². The molecule has 0 unspecified atom stereocenters. The van der Waals surface area contributed by atoms with E-state index in [-0.39, 0.29) is 41.4 Å². The third kappa shape index (κ3) is 7.82. The second kappa shape index (κ2) is 11.8. The molecule has 0 aromatic carbocycles. The summed E-state index contributed by atoms with van der Waals surface area (Å²) in [7, 11) is 0. The first-order chi connectivity index (χ1) is 11.8. The molecule has 0 atom stereocenters. The van der Waals surface area contributed by atoms with E-state index in [0.29, 0.717) is 12.4 Å². The van der Waals surface area contributed by atoms with E-state index in [4.69, 9.17) is 4.42 Å². The highest BCUT2D eigenvalue weighted by Crippen LogP contribution is 2.29. The molecule has 0 saturated carbocycles. The number of halogens is 1. The lowest BCUT2D eigenvalue weighted by atomic mass is 9.79. The van der Waals surface area contributed by atoms with Crippen molar-refractivity contribution in [3.8, 4) is 0 Å². The van der Waals surface area contributed by atoms with Gasteiger partial charge in [-0.2, -0.15) is 0 Å². The molecule has 0 aliphatic carbocycles. The summed E-state index contributed by atoms with van der Waals surface area (Å²) in [6.07, 6.45) is 4.61. The highest BCUT2D eigenvalue weighted by molar-refractivity contribution is 14.0. The standard InChI is InChI=1S/C19H36N4O2.HI/c1-7-19(8-2,10-11-24)14-23-17(20-9-3)22-13-16-21-12-15(25-16)18(4,5)6;/h12,24H,7-11,13-14H2,1-6H3,(H2,20,22,23);1H. The molecule has 0 bridgehead atoms. The Morgan fingerprint density at radius 1 is 1.19 bits per heavy atom. The first-order valence-corrected chi connectivity index (χ1v) is 9.38. The first kappa shape index (κ1) is 25.2. The van der Waals surface area contributed by atoms with Crippen LogP contribution >= 0.6 is 24.0 Å². The number of aromatic nitrogens is 1. The maximum Gasteiger partial charge on any atom is 0.216 e. The van der Waals surface area contributed by atoms with Crippen molar-refractivity contribution in [2.45, 2.75) is 72.8 Å². The molecule has 1 aromatic heterocycles. The number of oxazole rings is 1. The topological polar surface area (TPSA) is 82.7 Å². The van der Waals surface area contributed by atoms with Crippen molar-refractivity contribution < 1.29 is 9.52 Å². The van der Waals surface area contributed by atoms with E-state index < -0.39 is 0 Å². The molecule has 3 N–H and O–H groups in total. The first-order valence-electron chi connectivity index (χ1n) is 9.38. The van der Waals surface area contributed by atoms with E-state index in [1.54, 1.807) is 6.20 Å². The minimum absolute atomic E-state index is 0. The van der Waals surface area contributed by atoms with Gasteiger partial charge in [0.25, 0.3) is 0 Å². The number of hydrogen-bond acceptors (Lipinski definition) is 4. The highest BCUT2D eigenvalue weighted by Gasteiger charge is 2.25. The molecule has 0 aliphatic heterocycles. The zero-order chi connectivity index (χ0) is 18.9. The number of aliphatic hydroxyl groups excluding tert-OH is 1. The van der Waals surface area contributed by atoms with E-state index in [1.165, 1.54) is 0 Å². The van der Waals surface area contributed by atoms with Crippen molar-refractivity contribution in [1.29, 1.82) is 0 Å². The third-order valence-electron chi connectivity index (χ3n) is 4.78. The lowest BCUT2D eigenvalue weighted by Crippen LogP contribution is -2.43. The van der Waals surface area contributed by atoms with Crippen LogP contribution in [-0.2, 0) is 12.0 Å². The number of guanidine groups is 1. The normalized spacial score (nSPS) is 12.7. The number of rotatable bonds is 9. The predicted octanol–water partition coefficient (Wildman–Crippen LogP) is 3.83. The van der Waals surface area contributed by atoms with Crippen LogP contribution in [0.3, 0.4) is 0 Å². The van der Waals surface area contributed by atoms with Crippen LogP contribution in [0.25, 0.3) is 0 Å². The van der Waals surface area contributed by atoms with Crippen molar-refractivity contribution in [3.05, 3.63) is 17.8 Å². The van der Waals surface area contributed by atoms with Gasteiger partial charge in [-0.1, -0.05) is 34.6 Å². The summed E-state index contributed by atoms with van der Waals surface area (Å²) < 4.78 is 5.80. The number of aliphatic hydroxyl groups is 1. The number of aliphatic imine (C=N–C) groups is 1. The molecule has 0 amide bonds. The Labute approximate surface area is 175 Å². The summed E-state index contributed by atoms with van der Waals surface area (Å²) in [5.74, 6) is 2.24. The summed E-state index contributed by atoms with van der Waals surface area (Å²) in [5.41, 5.74) is 0.0388. The average Bonchev–Trinajstić information content (AvgIpc) is 3.05. The zero-order valence-electron chi connectivity index (χ0n) is 17.2. The smallest absolute Gasteiger partial charge is 0.216 e. The van der Waals surface area contributed by atoms with Crippen LogP contribution < -0.4 is 10.6 Å². The van der Waals surface area contributed by atoms with Gasteiger partial charge < -0.3 is 20.2 Å².